The third-order valence-electron chi connectivity index (χ3n) is 5.93. The largest absolute Gasteiger partial charge is 0.491 e. The quantitative estimate of drug-likeness (QED) is 0.822. The number of ether oxygens (including phenoxy) is 2. The maximum absolute atomic E-state index is 13.2. The number of aliphatic hydroxyl groups excluding tert-OH is 1. The minimum atomic E-state index is -0.967. The molecule has 0 spiro atoms. The molecule has 2 N–H and O–H groups in total. The van der Waals surface area contributed by atoms with Gasteiger partial charge in [0.1, 0.15) is 30.0 Å². The summed E-state index contributed by atoms with van der Waals surface area (Å²) >= 11 is 0. The number of likely N-dealkylation sites (tertiary alicyclic amines) is 1. The number of piperidine rings is 1. The van der Waals surface area contributed by atoms with Gasteiger partial charge < -0.3 is 19.7 Å². The molecule has 0 aromatic heterocycles. The molecule has 2 aliphatic rings. The summed E-state index contributed by atoms with van der Waals surface area (Å²) in [5.41, 5.74) is 0.532. The van der Waals surface area contributed by atoms with Crippen molar-refractivity contribution in [1.29, 1.82) is 0 Å². The number of hydrogen-bond acceptors (Lipinski definition) is 5. The molecule has 6 heteroatoms. The van der Waals surface area contributed by atoms with Crippen LogP contribution in [0.25, 0.3) is 0 Å². The number of fused-ring (bicyclic) bond motifs is 1. The molecule has 2 heterocycles. The first-order valence-corrected chi connectivity index (χ1v) is 10.2. The first-order valence-electron chi connectivity index (χ1n) is 10.2. The number of rotatable bonds is 4. The van der Waals surface area contributed by atoms with E-state index in [1.54, 1.807) is 12.1 Å². The van der Waals surface area contributed by atoms with Gasteiger partial charge in [0.05, 0.1) is 17.7 Å². The van der Waals surface area contributed by atoms with Crippen molar-refractivity contribution >= 4 is 0 Å². The SMILES string of the molecule is CC(C)Oc1ccc2c(c1)OC[C@@H](N1CCC(O)(c3ccc(F)cc3)CC1)[C@H]2O. The first kappa shape index (κ1) is 20.1. The number of nitrogens with zero attached hydrogens (tertiary/aromatic N) is 1. The molecule has 5 nitrogen and oxygen atoms in total. The Balaban J connectivity index is 1.44. The minimum Gasteiger partial charge on any atom is -0.491 e. The predicted molar refractivity (Wildman–Crippen MR) is 108 cm³/mol. The van der Waals surface area contributed by atoms with Gasteiger partial charge in [-0.25, -0.2) is 4.39 Å². The van der Waals surface area contributed by atoms with E-state index in [1.807, 2.05) is 32.0 Å². The van der Waals surface area contributed by atoms with Gasteiger partial charge in [-0.3, -0.25) is 4.90 Å². The number of hydrogen-bond donors (Lipinski definition) is 2. The fourth-order valence-electron chi connectivity index (χ4n) is 4.28. The average Bonchev–Trinajstić information content (AvgIpc) is 2.69. The summed E-state index contributed by atoms with van der Waals surface area (Å²) in [6, 6.07) is 11.4. The lowest BCUT2D eigenvalue weighted by Gasteiger charge is -2.44. The first-order chi connectivity index (χ1) is 13.9. The maximum Gasteiger partial charge on any atom is 0.128 e. The van der Waals surface area contributed by atoms with Crippen LogP contribution in [0.15, 0.2) is 42.5 Å². The van der Waals surface area contributed by atoms with E-state index in [4.69, 9.17) is 9.47 Å². The molecule has 0 radical (unpaired) electrons. The molecule has 1 fully saturated rings. The van der Waals surface area contributed by atoms with Crippen LogP contribution in [0.1, 0.15) is 43.9 Å². The lowest BCUT2D eigenvalue weighted by atomic mass is 9.83. The van der Waals surface area contributed by atoms with Crippen molar-refractivity contribution in [3.63, 3.8) is 0 Å². The van der Waals surface area contributed by atoms with E-state index in [0.717, 1.165) is 16.9 Å². The highest BCUT2D eigenvalue weighted by Gasteiger charge is 2.40. The summed E-state index contributed by atoms with van der Waals surface area (Å²) in [5, 5.41) is 22.0. The Morgan fingerprint density at radius 2 is 1.83 bits per heavy atom. The van der Waals surface area contributed by atoms with Crippen LogP contribution in [0.3, 0.4) is 0 Å². The van der Waals surface area contributed by atoms with Crippen molar-refractivity contribution in [3.05, 3.63) is 59.4 Å². The highest BCUT2D eigenvalue weighted by atomic mass is 19.1. The lowest BCUT2D eigenvalue weighted by Crippen LogP contribution is -2.52. The fourth-order valence-corrected chi connectivity index (χ4v) is 4.28. The van der Waals surface area contributed by atoms with Crippen LogP contribution in [0, 0.1) is 5.82 Å². The molecule has 1 saturated heterocycles. The molecule has 2 atom stereocenters. The zero-order chi connectivity index (χ0) is 20.6. The van der Waals surface area contributed by atoms with Crippen LogP contribution in [0.2, 0.25) is 0 Å². The molecular weight excluding hydrogens is 373 g/mol. The summed E-state index contributed by atoms with van der Waals surface area (Å²) < 4.78 is 24.8. The molecule has 29 heavy (non-hydrogen) atoms. The average molecular weight is 401 g/mol. The zero-order valence-electron chi connectivity index (χ0n) is 16.8. The Morgan fingerprint density at radius 3 is 2.48 bits per heavy atom. The molecule has 0 unspecified atom stereocenters. The maximum atomic E-state index is 13.2. The highest BCUT2D eigenvalue weighted by molar-refractivity contribution is 5.44. The number of benzene rings is 2. The van der Waals surface area contributed by atoms with Crippen LogP contribution in [-0.2, 0) is 5.60 Å². The van der Waals surface area contributed by atoms with E-state index in [9.17, 15) is 14.6 Å². The normalized spacial score (nSPS) is 24.1. The van der Waals surface area contributed by atoms with Gasteiger partial charge in [-0.1, -0.05) is 12.1 Å². The van der Waals surface area contributed by atoms with Crippen LogP contribution in [0.4, 0.5) is 4.39 Å². The van der Waals surface area contributed by atoms with Gasteiger partial charge in [0.2, 0.25) is 0 Å². The van der Waals surface area contributed by atoms with E-state index in [2.05, 4.69) is 4.90 Å². The Kier molecular flexibility index (Phi) is 5.51. The molecule has 0 aliphatic carbocycles. The molecule has 0 saturated carbocycles. The van der Waals surface area contributed by atoms with Crippen molar-refractivity contribution in [1.82, 2.24) is 4.90 Å². The fraction of sp³-hybridized carbons (Fsp3) is 0.478. The van der Waals surface area contributed by atoms with Crippen molar-refractivity contribution in [3.8, 4) is 11.5 Å². The van der Waals surface area contributed by atoms with Crippen LogP contribution >= 0.6 is 0 Å². The molecule has 2 aromatic carbocycles. The van der Waals surface area contributed by atoms with Gasteiger partial charge in [0, 0.05) is 24.7 Å². The Hall–Kier alpha value is -2.15. The van der Waals surface area contributed by atoms with Crippen LogP contribution < -0.4 is 9.47 Å². The molecular formula is C23H28FNO4. The minimum absolute atomic E-state index is 0.0718. The third-order valence-corrected chi connectivity index (χ3v) is 5.93. The Labute approximate surface area is 170 Å². The Bertz CT molecular complexity index is 846. The zero-order valence-corrected chi connectivity index (χ0v) is 16.8. The second-order valence-corrected chi connectivity index (χ2v) is 8.26. The smallest absolute Gasteiger partial charge is 0.128 e. The van der Waals surface area contributed by atoms with Gasteiger partial charge in [0.15, 0.2) is 0 Å². The third kappa shape index (κ3) is 4.10. The van der Waals surface area contributed by atoms with Gasteiger partial charge >= 0.3 is 0 Å². The number of halogens is 1. The molecule has 0 amide bonds. The topological polar surface area (TPSA) is 62.2 Å². The van der Waals surface area contributed by atoms with E-state index < -0.39 is 11.7 Å². The summed E-state index contributed by atoms with van der Waals surface area (Å²) in [5.74, 6) is 1.08. The van der Waals surface area contributed by atoms with Gasteiger partial charge in [0.25, 0.3) is 0 Å². The van der Waals surface area contributed by atoms with Crippen molar-refractivity contribution in [2.45, 2.75) is 50.5 Å². The van der Waals surface area contributed by atoms with Crippen LogP contribution in [-0.4, -0.2) is 47.0 Å². The van der Waals surface area contributed by atoms with Gasteiger partial charge in [-0.15, -0.1) is 0 Å². The van der Waals surface area contributed by atoms with E-state index in [0.29, 0.717) is 38.3 Å². The lowest BCUT2D eigenvalue weighted by molar-refractivity contribution is -0.0665. The highest BCUT2D eigenvalue weighted by Crippen LogP contribution is 2.40. The summed E-state index contributed by atoms with van der Waals surface area (Å²) in [4.78, 5) is 2.17. The van der Waals surface area contributed by atoms with Crippen LogP contribution in [0.5, 0.6) is 11.5 Å². The summed E-state index contributed by atoms with van der Waals surface area (Å²) in [7, 11) is 0. The summed E-state index contributed by atoms with van der Waals surface area (Å²) in [6.45, 7) is 5.57. The van der Waals surface area contributed by atoms with E-state index in [-0.39, 0.29) is 18.0 Å². The summed E-state index contributed by atoms with van der Waals surface area (Å²) in [6.07, 6.45) is 0.456. The monoisotopic (exact) mass is 401 g/mol. The van der Waals surface area contributed by atoms with Crippen molar-refractivity contribution in [2.24, 2.45) is 0 Å². The number of aliphatic hydroxyl groups is 2. The van der Waals surface area contributed by atoms with Gasteiger partial charge in [-0.2, -0.15) is 0 Å². The van der Waals surface area contributed by atoms with Gasteiger partial charge in [-0.05, 0) is 56.5 Å². The van der Waals surface area contributed by atoms with Crippen molar-refractivity contribution in [2.75, 3.05) is 19.7 Å². The molecule has 4 rings (SSSR count). The molecule has 2 aromatic rings. The molecule has 156 valence electrons. The standard InChI is InChI=1S/C23H28FNO4/c1-15(2)29-18-7-8-19-21(13-18)28-14-20(22(19)26)25-11-9-23(27,10-12-25)16-3-5-17(24)6-4-16/h3-8,13,15,20,22,26-27H,9-12,14H2,1-2H3/t20-,22+/m1/s1. The predicted octanol–water partition coefficient (Wildman–Crippen LogP) is 3.39. The molecule has 2 aliphatic heterocycles. The van der Waals surface area contributed by atoms with Crippen molar-refractivity contribution < 1.29 is 24.1 Å². The van der Waals surface area contributed by atoms with E-state index >= 15 is 0 Å². The Morgan fingerprint density at radius 1 is 1.14 bits per heavy atom. The van der Waals surface area contributed by atoms with E-state index in [1.165, 1.54) is 12.1 Å². The second-order valence-electron chi connectivity index (χ2n) is 8.26. The second kappa shape index (κ2) is 7.94. The molecule has 0 bridgehead atoms.